The molecule has 0 bridgehead atoms. The van der Waals surface area contributed by atoms with E-state index in [0.29, 0.717) is 6.42 Å². The van der Waals surface area contributed by atoms with Gasteiger partial charge < -0.3 is 4.90 Å². The van der Waals surface area contributed by atoms with Gasteiger partial charge in [0.05, 0.1) is 11.4 Å². The minimum Gasteiger partial charge on any atom is -0.343 e. The van der Waals surface area contributed by atoms with Crippen molar-refractivity contribution < 1.29 is 9.59 Å². The minimum atomic E-state index is -0.122. The van der Waals surface area contributed by atoms with Gasteiger partial charge in [-0.1, -0.05) is 76.5 Å². The summed E-state index contributed by atoms with van der Waals surface area (Å²) in [6.45, 7) is 8.58. The maximum absolute atomic E-state index is 13.3. The molecule has 2 aliphatic rings. The Morgan fingerprint density at radius 3 is 2.30 bits per heavy atom. The molecule has 5 heteroatoms. The monoisotopic (exact) mass is 505 g/mol. The van der Waals surface area contributed by atoms with E-state index in [4.69, 9.17) is 0 Å². The highest BCUT2D eigenvalue weighted by Crippen LogP contribution is 2.42. The lowest BCUT2D eigenvalue weighted by Crippen LogP contribution is -2.47. The van der Waals surface area contributed by atoms with Gasteiger partial charge in [-0.3, -0.25) is 19.1 Å². The number of aromatic nitrogens is 1. The Morgan fingerprint density at radius 2 is 1.62 bits per heavy atom. The second-order valence-electron chi connectivity index (χ2n) is 11.1. The fourth-order valence-electron chi connectivity index (χ4n) is 6.40. The van der Waals surface area contributed by atoms with Gasteiger partial charge in [-0.05, 0) is 56.5 Å². The molecule has 0 fully saturated rings. The quantitative estimate of drug-likeness (QED) is 0.277. The van der Waals surface area contributed by atoms with E-state index >= 15 is 0 Å². The van der Waals surface area contributed by atoms with Gasteiger partial charge >= 0.3 is 0 Å². The van der Waals surface area contributed by atoms with Gasteiger partial charge in [-0.2, -0.15) is 0 Å². The average molecular weight is 506 g/mol. The first-order valence-corrected chi connectivity index (χ1v) is 14.9. The molecule has 0 radical (unpaired) electrons. The van der Waals surface area contributed by atoms with E-state index in [1.807, 2.05) is 23.3 Å². The SMILES string of the molecule is CCCCCCCCCCCC(=O)n1cc2c3c(cccc31)C1=C[C@@H](C(=O)N(CC)CC)CN(C)[C@@H]1C2. The third-order valence-electron chi connectivity index (χ3n) is 8.54. The zero-order chi connectivity index (χ0) is 26.4. The van der Waals surface area contributed by atoms with Crippen LogP contribution in [-0.4, -0.2) is 58.9 Å². The van der Waals surface area contributed by atoms with E-state index in [1.54, 1.807) is 0 Å². The molecule has 2 aromatic rings. The first kappa shape index (κ1) is 27.6. The number of hydrogen-bond donors (Lipinski definition) is 0. The minimum absolute atomic E-state index is 0.122. The topological polar surface area (TPSA) is 45.6 Å². The molecule has 202 valence electrons. The Kier molecular flexibility index (Phi) is 9.64. The number of rotatable bonds is 13. The van der Waals surface area contributed by atoms with E-state index < -0.39 is 0 Å². The van der Waals surface area contributed by atoms with Crippen molar-refractivity contribution in [3.63, 3.8) is 0 Å². The van der Waals surface area contributed by atoms with Crippen LogP contribution in [0.1, 0.15) is 101 Å². The van der Waals surface area contributed by atoms with E-state index in [0.717, 1.165) is 44.4 Å². The maximum Gasteiger partial charge on any atom is 0.231 e. The van der Waals surface area contributed by atoms with Crippen LogP contribution in [0.3, 0.4) is 0 Å². The smallest absolute Gasteiger partial charge is 0.231 e. The third-order valence-corrected chi connectivity index (χ3v) is 8.54. The maximum atomic E-state index is 13.3. The van der Waals surface area contributed by atoms with Crippen molar-refractivity contribution in [2.24, 2.45) is 5.92 Å². The van der Waals surface area contributed by atoms with Gasteiger partial charge in [-0.15, -0.1) is 0 Å². The fourth-order valence-corrected chi connectivity index (χ4v) is 6.40. The average Bonchev–Trinajstić information content (AvgIpc) is 3.28. The number of carbonyl (C=O) groups excluding carboxylic acids is 2. The third kappa shape index (κ3) is 6.03. The van der Waals surface area contributed by atoms with Crippen molar-refractivity contribution in [3.05, 3.63) is 41.6 Å². The first-order valence-electron chi connectivity index (χ1n) is 14.9. The first-order chi connectivity index (χ1) is 18.0. The van der Waals surface area contributed by atoms with Crippen LogP contribution in [0.25, 0.3) is 16.5 Å². The molecule has 1 aromatic heterocycles. The van der Waals surface area contributed by atoms with Crippen LogP contribution in [0.5, 0.6) is 0 Å². The summed E-state index contributed by atoms with van der Waals surface area (Å²) in [7, 11) is 2.14. The predicted molar refractivity (Wildman–Crippen MR) is 154 cm³/mol. The highest BCUT2D eigenvalue weighted by atomic mass is 16.2. The molecule has 37 heavy (non-hydrogen) atoms. The number of nitrogens with zero attached hydrogens (tertiary/aromatic N) is 3. The van der Waals surface area contributed by atoms with Crippen molar-refractivity contribution in [1.82, 2.24) is 14.4 Å². The van der Waals surface area contributed by atoms with Gasteiger partial charge in [0, 0.05) is 43.7 Å². The molecule has 5 nitrogen and oxygen atoms in total. The number of likely N-dealkylation sites (N-methyl/N-ethyl adjacent to an activating group) is 1. The van der Waals surface area contributed by atoms with Crippen molar-refractivity contribution in [3.8, 4) is 0 Å². The number of fused-ring (bicyclic) bond motifs is 2. The molecule has 0 N–H and O–H groups in total. The van der Waals surface area contributed by atoms with Crippen molar-refractivity contribution in [1.29, 1.82) is 0 Å². The van der Waals surface area contributed by atoms with Crippen molar-refractivity contribution in [2.45, 2.75) is 97.4 Å². The van der Waals surface area contributed by atoms with Crippen LogP contribution in [0, 0.1) is 5.92 Å². The summed E-state index contributed by atoms with van der Waals surface area (Å²) in [5.41, 5.74) is 4.73. The molecule has 4 rings (SSSR count). The Labute approximate surface area is 223 Å². The second kappa shape index (κ2) is 12.9. The Hall–Kier alpha value is -2.40. The highest BCUT2D eigenvalue weighted by Gasteiger charge is 2.37. The summed E-state index contributed by atoms with van der Waals surface area (Å²) in [4.78, 5) is 30.7. The molecule has 1 aliphatic heterocycles. The second-order valence-corrected chi connectivity index (χ2v) is 11.1. The van der Waals surface area contributed by atoms with Crippen LogP contribution < -0.4 is 0 Å². The Morgan fingerprint density at radius 1 is 0.946 bits per heavy atom. The summed E-state index contributed by atoms with van der Waals surface area (Å²) in [5, 5.41) is 1.20. The van der Waals surface area contributed by atoms with Crippen LogP contribution >= 0.6 is 0 Å². The lowest BCUT2D eigenvalue weighted by molar-refractivity contribution is -0.134. The van der Waals surface area contributed by atoms with Crippen LogP contribution in [0.4, 0.5) is 0 Å². The van der Waals surface area contributed by atoms with Gasteiger partial charge in [0.2, 0.25) is 11.8 Å². The molecule has 0 saturated carbocycles. The van der Waals surface area contributed by atoms with Gasteiger partial charge in [0.25, 0.3) is 0 Å². The van der Waals surface area contributed by atoms with Gasteiger partial charge in [-0.25, -0.2) is 0 Å². The summed E-state index contributed by atoms with van der Waals surface area (Å²) >= 11 is 0. The van der Waals surface area contributed by atoms with E-state index in [1.165, 1.54) is 67.0 Å². The highest BCUT2D eigenvalue weighted by molar-refractivity contribution is 6.03. The Bertz CT molecular complexity index is 1110. The summed E-state index contributed by atoms with van der Waals surface area (Å²) < 4.78 is 1.91. The number of benzene rings is 1. The number of carbonyl (C=O) groups is 2. The molecule has 2 atom stereocenters. The summed E-state index contributed by atoms with van der Waals surface area (Å²) in [6.07, 6.45) is 17.1. The molecule has 1 amide bonds. The molecule has 2 heterocycles. The molecule has 1 aliphatic carbocycles. The van der Waals surface area contributed by atoms with Crippen LogP contribution in [0.2, 0.25) is 0 Å². The van der Waals surface area contributed by atoms with Crippen molar-refractivity contribution in [2.75, 3.05) is 26.7 Å². The van der Waals surface area contributed by atoms with Crippen molar-refractivity contribution >= 4 is 28.3 Å². The normalized spacial score (nSPS) is 19.1. The van der Waals surface area contributed by atoms with Crippen LogP contribution in [-0.2, 0) is 11.2 Å². The summed E-state index contributed by atoms with van der Waals surface area (Å²) in [5.74, 6) is 0.302. The predicted octanol–water partition coefficient (Wildman–Crippen LogP) is 6.94. The standard InChI is InChI=1S/C32H47N3O2/c1-5-8-9-10-11-12-13-14-15-19-30(36)35-23-24-21-29-27(26-17-16-18-28(35)31(24)26)20-25(22-33(29)4)32(37)34(6-2)7-3/h16-18,20,23,25,29H,5-15,19,21-22H2,1-4H3/t25-,29-/m1/s1. The molecular weight excluding hydrogens is 458 g/mol. The Balaban J connectivity index is 1.46. The van der Waals surface area contributed by atoms with E-state index in [9.17, 15) is 9.59 Å². The lowest BCUT2D eigenvalue weighted by atomic mass is 9.79. The lowest BCUT2D eigenvalue weighted by Gasteiger charge is -2.40. The molecule has 0 unspecified atom stereocenters. The van der Waals surface area contributed by atoms with Crippen LogP contribution in [0.15, 0.2) is 30.5 Å². The van der Waals surface area contributed by atoms with E-state index in [-0.39, 0.29) is 23.8 Å². The van der Waals surface area contributed by atoms with E-state index in [2.05, 4.69) is 49.3 Å². The molecule has 1 aromatic carbocycles. The number of hydrogen-bond acceptors (Lipinski definition) is 3. The molecular formula is C32H47N3O2. The summed E-state index contributed by atoms with van der Waals surface area (Å²) in [6, 6.07) is 6.59. The molecule has 0 spiro atoms. The van der Waals surface area contributed by atoms with Gasteiger partial charge in [0.1, 0.15) is 0 Å². The number of amides is 1. The zero-order valence-electron chi connectivity index (χ0n) is 23.6. The molecule has 0 saturated heterocycles. The zero-order valence-corrected chi connectivity index (χ0v) is 23.6. The van der Waals surface area contributed by atoms with Gasteiger partial charge in [0.15, 0.2) is 0 Å². The largest absolute Gasteiger partial charge is 0.343 e. The number of unbranched alkanes of at least 4 members (excludes halogenated alkanes) is 8. The fraction of sp³-hybridized carbons (Fsp3) is 0.625.